The summed E-state index contributed by atoms with van der Waals surface area (Å²) in [6.07, 6.45) is 0. The Balaban J connectivity index is 1.10. The summed E-state index contributed by atoms with van der Waals surface area (Å²) in [4.78, 5) is 11.3. The van der Waals surface area contributed by atoms with Crippen LogP contribution in [0.4, 0.5) is 0 Å². The van der Waals surface area contributed by atoms with E-state index in [0.717, 1.165) is 72.6 Å². The fraction of sp³-hybridized carbons (Fsp3) is 0.0882. The number of phenols is 1. The summed E-state index contributed by atoms with van der Waals surface area (Å²) < 4.78 is 7.41. The van der Waals surface area contributed by atoms with E-state index < -0.39 is 0 Å². The fourth-order valence-corrected chi connectivity index (χ4v) is 13.5. The van der Waals surface area contributed by atoms with Crippen LogP contribution in [0.15, 0.2) is 224 Å². The molecular formula is C68H52N4OSe. The number of rotatable bonds is 10. The molecule has 0 spiro atoms. The predicted octanol–water partition coefficient (Wildman–Crippen LogP) is 17.7. The molecule has 0 radical (unpaired) electrons. The van der Waals surface area contributed by atoms with Crippen molar-refractivity contribution in [2.24, 2.45) is 0 Å². The molecule has 0 aliphatic carbocycles. The molecule has 0 aliphatic rings. The minimum atomic E-state index is 0.0141. The van der Waals surface area contributed by atoms with Gasteiger partial charge in [-0.15, -0.1) is 0 Å². The van der Waals surface area contributed by atoms with Crippen molar-refractivity contribution in [2.45, 2.75) is 39.5 Å². The number of aromatic nitrogens is 4. The maximum absolute atomic E-state index is 11.7. The molecule has 0 atom stereocenters. The van der Waals surface area contributed by atoms with Crippen molar-refractivity contribution in [1.82, 2.24) is 19.1 Å². The number of hydrogen-bond donors (Lipinski definition) is 1. The zero-order valence-electron chi connectivity index (χ0n) is 41.7. The normalized spacial score (nSPS) is 11.8. The van der Waals surface area contributed by atoms with Crippen LogP contribution in [0.1, 0.15) is 50.7 Å². The van der Waals surface area contributed by atoms with Crippen molar-refractivity contribution in [3.63, 3.8) is 0 Å². The Bertz CT molecular complexity index is 4230. The maximum atomic E-state index is 11.7. The molecule has 0 aliphatic heterocycles. The van der Waals surface area contributed by atoms with Gasteiger partial charge in [-0.3, -0.25) is 0 Å². The van der Waals surface area contributed by atoms with Crippen LogP contribution in [0.5, 0.6) is 5.75 Å². The average Bonchev–Trinajstić information content (AvgIpc) is 4.16. The molecule has 1 N–H and O–H groups in total. The quantitative estimate of drug-likeness (QED) is 0.139. The average molecular weight is 1020 g/mol. The van der Waals surface area contributed by atoms with Gasteiger partial charge >= 0.3 is 404 Å². The number of para-hydroxylation sites is 4. The Morgan fingerprint density at radius 3 is 1.70 bits per heavy atom. The van der Waals surface area contributed by atoms with E-state index in [0.29, 0.717) is 11.4 Å². The Morgan fingerprint density at radius 1 is 0.405 bits per heavy atom. The van der Waals surface area contributed by atoms with Crippen LogP contribution >= 0.6 is 0 Å². The fourth-order valence-electron chi connectivity index (χ4n) is 11.0. The molecule has 13 aromatic rings. The van der Waals surface area contributed by atoms with Gasteiger partial charge in [0.2, 0.25) is 0 Å². The molecule has 0 fully saturated rings. The third-order valence-corrected chi connectivity index (χ3v) is 17.2. The van der Waals surface area contributed by atoms with E-state index in [-0.39, 0.29) is 32.1 Å². The third kappa shape index (κ3) is 7.69. The van der Waals surface area contributed by atoms with E-state index >= 15 is 0 Å². The van der Waals surface area contributed by atoms with Crippen LogP contribution in [-0.2, 0) is 0 Å². The van der Waals surface area contributed by atoms with Crippen LogP contribution in [0.3, 0.4) is 0 Å². The van der Waals surface area contributed by atoms with E-state index in [1.165, 1.54) is 47.1 Å². The van der Waals surface area contributed by atoms with Crippen molar-refractivity contribution in [1.29, 1.82) is 0 Å². The van der Waals surface area contributed by atoms with E-state index in [2.05, 4.69) is 237 Å². The van der Waals surface area contributed by atoms with Crippen molar-refractivity contribution in [3.05, 3.63) is 236 Å². The molecule has 3 aromatic heterocycles. The summed E-state index contributed by atoms with van der Waals surface area (Å²) in [6.45, 7) is 9.12. The summed E-state index contributed by atoms with van der Waals surface area (Å²) in [5.74, 6) is 2.15. The second kappa shape index (κ2) is 18.5. The van der Waals surface area contributed by atoms with Crippen LogP contribution in [-0.4, -0.2) is 38.7 Å². The van der Waals surface area contributed by atoms with Gasteiger partial charge in [0.05, 0.1) is 0 Å². The minimum absolute atomic E-state index is 0.0141. The summed E-state index contributed by atoms with van der Waals surface area (Å²) >= 11 is 0.0141. The number of benzene rings is 10. The van der Waals surface area contributed by atoms with E-state index in [4.69, 9.17) is 9.97 Å². The Morgan fingerprint density at radius 2 is 0.986 bits per heavy atom. The zero-order valence-corrected chi connectivity index (χ0v) is 43.4. The van der Waals surface area contributed by atoms with Gasteiger partial charge in [0.15, 0.2) is 0 Å². The molecule has 0 bridgehead atoms. The van der Waals surface area contributed by atoms with Gasteiger partial charge < -0.3 is 0 Å². The summed E-state index contributed by atoms with van der Waals surface area (Å²) in [5.41, 5.74) is 19.3. The molecule has 356 valence electrons. The second-order valence-corrected chi connectivity index (χ2v) is 22.1. The van der Waals surface area contributed by atoms with E-state index in [9.17, 15) is 5.11 Å². The first-order chi connectivity index (χ1) is 36.3. The Kier molecular flexibility index (Phi) is 11.3. The first-order valence-corrected chi connectivity index (χ1v) is 27.2. The van der Waals surface area contributed by atoms with Gasteiger partial charge in [-0.2, -0.15) is 0 Å². The van der Waals surface area contributed by atoms with E-state index in [1.54, 1.807) is 6.07 Å². The van der Waals surface area contributed by atoms with Gasteiger partial charge in [-0.1, -0.05) is 30.3 Å². The van der Waals surface area contributed by atoms with E-state index in [1.807, 2.05) is 18.2 Å². The van der Waals surface area contributed by atoms with Crippen molar-refractivity contribution in [3.8, 4) is 84.4 Å². The zero-order chi connectivity index (χ0) is 50.0. The number of fused-ring (bicyclic) bond motifs is 5. The Hall–Kier alpha value is -8.54. The van der Waals surface area contributed by atoms with Crippen LogP contribution in [0.25, 0.3) is 120 Å². The molecule has 3 heterocycles. The van der Waals surface area contributed by atoms with Gasteiger partial charge in [-0.05, 0) is 5.56 Å². The molecule has 10 aromatic carbocycles. The molecule has 0 saturated heterocycles. The molecule has 74 heavy (non-hydrogen) atoms. The molecule has 0 amide bonds. The van der Waals surface area contributed by atoms with Crippen molar-refractivity contribution < 1.29 is 5.11 Å². The SMILES string of the molecule is CC(C)c1cc(-c2ccccc2)cc(C(C)C)c1-n1c(-c2ccccc2O)nc2c(-c3cc(-c4nc5ccccc5n4-c4ccc(-c5ccccc5)cc4-c4ccccc4)c4[se]c5ccccc5c4c3)cccc21. The molecule has 0 unspecified atom stereocenters. The topological polar surface area (TPSA) is 55.9 Å². The standard InChI is InChI=1S/C68H52N4OSe/c1-42(2)53-38-48(45-23-10-6-11-24-45)39-54(43(3)4)65(53)72-61-32-20-29-50(64(61)70-67(72)52-28-14-18-33-62(52)73)49-40-56-51-27-15-19-34-63(51)74-66(56)57(41-49)68-69-58-30-16-17-31-60(58)71(68)59-36-35-47(44-21-8-5-9-22-44)37-55(59)46-25-12-7-13-26-46/h5-43,73H,1-4H3. The number of imidazole rings is 2. The summed E-state index contributed by atoms with van der Waals surface area (Å²) in [6, 6.07) is 80.1. The third-order valence-electron chi connectivity index (χ3n) is 14.6. The number of phenolic OH excluding ortho intramolecular Hbond substituents is 1. The monoisotopic (exact) mass is 1020 g/mol. The van der Waals surface area contributed by atoms with Crippen LogP contribution < -0.4 is 0 Å². The van der Waals surface area contributed by atoms with Crippen LogP contribution in [0.2, 0.25) is 0 Å². The molecule has 5 nitrogen and oxygen atoms in total. The second-order valence-electron chi connectivity index (χ2n) is 19.9. The summed E-state index contributed by atoms with van der Waals surface area (Å²) in [7, 11) is 0. The van der Waals surface area contributed by atoms with Gasteiger partial charge in [0, 0.05) is 0 Å². The molecule has 13 rings (SSSR count). The number of hydrogen-bond acceptors (Lipinski definition) is 3. The predicted molar refractivity (Wildman–Crippen MR) is 310 cm³/mol. The number of nitrogens with zero attached hydrogens (tertiary/aromatic N) is 4. The van der Waals surface area contributed by atoms with Crippen LogP contribution in [0, 0.1) is 0 Å². The first kappa shape index (κ1) is 45.3. The van der Waals surface area contributed by atoms with Gasteiger partial charge in [0.25, 0.3) is 0 Å². The number of aromatic hydroxyl groups is 1. The summed E-state index contributed by atoms with van der Waals surface area (Å²) in [5, 5.41) is 14.2. The first-order valence-electron chi connectivity index (χ1n) is 25.5. The molecule has 6 heteroatoms. The van der Waals surface area contributed by atoms with Crippen molar-refractivity contribution in [2.75, 3.05) is 0 Å². The molecular weight excluding hydrogens is 968 g/mol. The van der Waals surface area contributed by atoms with Gasteiger partial charge in [0.1, 0.15) is 0 Å². The van der Waals surface area contributed by atoms with Crippen molar-refractivity contribution >= 4 is 55.9 Å². The Labute approximate surface area is 437 Å². The molecule has 0 saturated carbocycles. The van der Waals surface area contributed by atoms with Gasteiger partial charge in [-0.25, -0.2) is 0 Å².